The smallest absolute Gasteiger partial charge is 0.382 e. The van der Waals surface area contributed by atoms with Crippen LogP contribution in [0.3, 0.4) is 0 Å². The van der Waals surface area contributed by atoms with Crippen molar-refractivity contribution in [1.82, 2.24) is 14.8 Å². The van der Waals surface area contributed by atoms with Gasteiger partial charge in [0.15, 0.2) is 0 Å². The summed E-state index contributed by atoms with van der Waals surface area (Å²) in [6.07, 6.45) is -2.31. The van der Waals surface area contributed by atoms with Crippen LogP contribution in [-0.4, -0.2) is 21.3 Å². The summed E-state index contributed by atoms with van der Waals surface area (Å²) >= 11 is 5.73. The lowest BCUT2D eigenvalue weighted by Crippen LogP contribution is -2.12. The molecule has 22 heavy (non-hydrogen) atoms. The van der Waals surface area contributed by atoms with E-state index in [2.05, 4.69) is 15.4 Å². The Bertz CT molecular complexity index is 709. The average Bonchev–Trinajstić information content (AvgIpc) is 2.74. The van der Waals surface area contributed by atoms with Crippen molar-refractivity contribution in [2.75, 3.05) is 11.9 Å². The predicted molar refractivity (Wildman–Crippen MR) is 77.1 cm³/mol. The zero-order valence-corrected chi connectivity index (χ0v) is 12.6. The maximum atomic E-state index is 12.8. The number of hydrogen-bond donors (Lipinski definition) is 1. The summed E-state index contributed by atoms with van der Waals surface area (Å²) in [6, 6.07) is 2.49. The molecule has 0 bridgehead atoms. The van der Waals surface area contributed by atoms with E-state index in [4.69, 9.17) is 11.6 Å². The first kappa shape index (κ1) is 15.1. The van der Waals surface area contributed by atoms with Crippen LogP contribution >= 0.6 is 11.6 Å². The van der Waals surface area contributed by atoms with Gasteiger partial charge in [-0.1, -0.05) is 11.6 Å². The zero-order chi connectivity index (χ0) is 15.9. The number of anilines is 1. The maximum absolute atomic E-state index is 12.8. The number of nitrogens with zero attached hydrogens (tertiary/aromatic N) is 3. The minimum absolute atomic E-state index is 0.158. The number of alkyl halides is 3. The van der Waals surface area contributed by atoms with Crippen molar-refractivity contribution < 1.29 is 13.2 Å². The molecule has 0 aromatic carbocycles. The van der Waals surface area contributed by atoms with Crippen molar-refractivity contribution in [3.8, 4) is 0 Å². The number of fused-ring (bicyclic) bond motifs is 1. The standard InChI is InChI=1S/C14H14ClF3N4/c1-22-10(13-9(21-22)3-2-4-19-13)5-8-6-11(14(16,17)18)20-12(15)7-8/h6-7,19H,2-5H2,1H3. The molecule has 2 aromatic rings. The zero-order valence-electron chi connectivity index (χ0n) is 11.8. The first-order chi connectivity index (χ1) is 10.3. The van der Waals surface area contributed by atoms with E-state index in [1.165, 1.54) is 6.07 Å². The topological polar surface area (TPSA) is 42.7 Å². The number of aryl methyl sites for hydroxylation is 2. The number of aromatic nitrogens is 3. The van der Waals surface area contributed by atoms with E-state index in [9.17, 15) is 13.2 Å². The first-order valence-corrected chi connectivity index (χ1v) is 7.24. The second-order valence-electron chi connectivity index (χ2n) is 5.28. The van der Waals surface area contributed by atoms with Crippen LogP contribution in [0.4, 0.5) is 18.9 Å². The van der Waals surface area contributed by atoms with Crippen molar-refractivity contribution in [2.24, 2.45) is 7.05 Å². The van der Waals surface area contributed by atoms with Gasteiger partial charge >= 0.3 is 6.18 Å². The second kappa shape index (κ2) is 5.46. The fourth-order valence-electron chi connectivity index (χ4n) is 2.66. The lowest BCUT2D eigenvalue weighted by molar-refractivity contribution is -0.141. The molecule has 1 N–H and O–H groups in total. The molecule has 4 nitrogen and oxygen atoms in total. The monoisotopic (exact) mass is 330 g/mol. The molecular weight excluding hydrogens is 317 g/mol. The highest BCUT2D eigenvalue weighted by Gasteiger charge is 2.33. The predicted octanol–water partition coefficient (Wildman–Crippen LogP) is 3.44. The molecule has 8 heteroatoms. The largest absolute Gasteiger partial charge is 0.433 e. The Morgan fingerprint density at radius 1 is 1.36 bits per heavy atom. The van der Waals surface area contributed by atoms with E-state index in [1.54, 1.807) is 11.7 Å². The third kappa shape index (κ3) is 2.90. The fourth-order valence-corrected chi connectivity index (χ4v) is 2.89. The van der Waals surface area contributed by atoms with Crippen LogP contribution in [0.1, 0.15) is 29.1 Å². The molecule has 0 aliphatic carbocycles. The lowest BCUT2D eigenvalue weighted by atomic mass is 10.0. The van der Waals surface area contributed by atoms with Crippen LogP contribution in [0.2, 0.25) is 5.15 Å². The van der Waals surface area contributed by atoms with Gasteiger partial charge in [0.2, 0.25) is 0 Å². The normalized spacial score (nSPS) is 14.6. The Labute approximate surface area is 130 Å². The van der Waals surface area contributed by atoms with E-state index in [0.717, 1.165) is 42.5 Å². The van der Waals surface area contributed by atoms with Crippen LogP contribution in [0.5, 0.6) is 0 Å². The number of hydrogen-bond acceptors (Lipinski definition) is 3. The van der Waals surface area contributed by atoms with Crippen LogP contribution in [0.15, 0.2) is 12.1 Å². The molecule has 0 radical (unpaired) electrons. The van der Waals surface area contributed by atoms with Crippen molar-refractivity contribution in [3.05, 3.63) is 39.9 Å². The van der Waals surface area contributed by atoms with Crippen molar-refractivity contribution in [1.29, 1.82) is 0 Å². The van der Waals surface area contributed by atoms with Crippen LogP contribution < -0.4 is 5.32 Å². The molecule has 3 rings (SSSR count). The van der Waals surface area contributed by atoms with Crippen molar-refractivity contribution >= 4 is 17.3 Å². The van der Waals surface area contributed by atoms with Crippen molar-refractivity contribution in [2.45, 2.75) is 25.4 Å². The molecule has 1 aliphatic heterocycles. The highest BCUT2D eigenvalue weighted by atomic mass is 35.5. The third-order valence-electron chi connectivity index (χ3n) is 3.65. The highest BCUT2D eigenvalue weighted by Crippen LogP contribution is 2.31. The Morgan fingerprint density at radius 3 is 2.86 bits per heavy atom. The third-order valence-corrected chi connectivity index (χ3v) is 3.84. The molecular formula is C14H14ClF3N4. The van der Waals surface area contributed by atoms with Crippen LogP contribution in [0, 0.1) is 0 Å². The van der Waals surface area contributed by atoms with Gasteiger partial charge in [0.1, 0.15) is 10.8 Å². The summed E-state index contributed by atoms with van der Waals surface area (Å²) < 4.78 is 40.2. The fraction of sp³-hybridized carbons (Fsp3) is 0.429. The molecule has 118 valence electrons. The molecule has 0 atom stereocenters. The average molecular weight is 331 g/mol. The summed E-state index contributed by atoms with van der Waals surface area (Å²) in [5.74, 6) is 0. The summed E-state index contributed by atoms with van der Waals surface area (Å²) in [4.78, 5) is 3.35. The lowest BCUT2D eigenvalue weighted by Gasteiger charge is -2.15. The van der Waals surface area contributed by atoms with Gasteiger partial charge in [-0.05, 0) is 30.5 Å². The second-order valence-corrected chi connectivity index (χ2v) is 5.67. The Kier molecular flexibility index (Phi) is 3.76. The van der Waals surface area contributed by atoms with E-state index < -0.39 is 11.9 Å². The Morgan fingerprint density at radius 2 is 2.14 bits per heavy atom. The van der Waals surface area contributed by atoms with E-state index in [0.29, 0.717) is 12.0 Å². The number of rotatable bonds is 2. The van der Waals surface area contributed by atoms with E-state index in [-0.39, 0.29) is 5.15 Å². The summed E-state index contributed by atoms with van der Waals surface area (Å²) in [6.45, 7) is 0.844. The molecule has 0 unspecified atom stereocenters. The Hall–Kier alpha value is -1.76. The molecule has 0 spiro atoms. The number of halogens is 4. The molecule has 3 heterocycles. The van der Waals surface area contributed by atoms with Crippen molar-refractivity contribution in [3.63, 3.8) is 0 Å². The highest BCUT2D eigenvalue weighted by molar-refractivity contribution is 6.29. The maximum Gasteiger partial charge on any atom is 0.433 e. The van der Waals surface area contributed by atoms with Gasteiger partial charge in [-0.25, -0.2) is 4.98 Å². The summed E-state index contributed by atoms with van der Waals surface area (Å²) in [5, 5.41) is 7.54. The molecule has 0 fully saturated rings. The van der Waals surface area contributed by atoms with Gasteiger partial charge in [0.05, 0.1) is 17.1 Å². The van der Waals surface area contributed by atoms with Crippen LogP contribution in [0.25, 0.3) is 0 Å². The van der Waals surface area contributed by atoms with E-state index in [1.807, 2.05) is 0 Å². The minimum Gasteiger partial charge on any atom is -0.382 e. The summed E-state index contributed by atoms with van der Waals surface area (Å²) in [7, 11) is 1.79. The Balaban J connectivity index is 1.97. The van der Waals surface area contributed by atoms with Gasteiger partial charge in [-0.2, -0.15) is 18.3 Å². The molecule has 2 aromatic heterocycles. The quantitative estimate of drug-likeness (QED) is 0.858. The first-order valence-electron chi connectivity index (χ1n) is 6.87. The van der Waals surface area contributed by atoms with Gasteiger partial charge in [0.25, 0.3) is 0 Å². The number of nitrogens with one attached hydrogen (secondary N) is 1. The van der Waals surface area contributed by atoms with Gasteiger partial charge in [0, 0.05) is 20.0 Å². The molecule has 1 aliphatic rings. The van der Waals surface area contributed by atoms with Crippen LogP contribution in [-0.2, 0) is 26.1 Å². The van der Waals surface area contributed by atoms with Gasteiger partial charge in [-0.3, -0.25) is 4.68 Å². The van der Waals surface area contributed by atoms with Gasteiger partial charge < -0.3 is 5.32 Å². The molecule has 0 saturated heterocycles. The molecule has 0 amide bonds. The SMILES string of the molecule is Cn1nc2c(c1Cc1cc(Cl)nc(C(F)(F)F)c1)NCCC2. The summed E-state index contributed by atoms with van der Waals surface area (Å²) in [5.41, 5.74) is 2.23. The van der Waals surface area contributed by atoms with Gasteiger partial charge in [-0.15, -0.1) is 0 Å². The minimum atomic E-state index is -4.51. The number of pyridine rings is 1. The molecule has 0 saturated carbocycles. The van der Waals surface area contributed by atoms with E-state index >= 15 is 0 Å².